The topological polar surface area (TPSA) is 21.3 Å². The number of para-hydroxylation sites is 1. The lowest BCUT2D eigenvalue weighted by molar-refractivity contribution is -0.137. The van der Waals surface area contributed by atoms with Crippen LogP contribution in [0.5, 0.6) is 5.75 Å². The molecular weight excluding hydrogens is 291 g/mol. The monoisotopic (exact) mass is 307 g/mol. The summed E-state index contributed by atoms with van der Waals surface area (Å²) >= 11 is 0. The van der Waals surface area contributed by atoms with Gasteiger partial charge < -0.3 is 10.1 Å². The summed E-state index contributed by atoms with van der Waals surface area (Å²) < 4.78 is 43.1. The number of hydrogen-bond acceptors (Lipinski definition) is 2. The average Bonchev–Trinajstić information content (AvgIpc) is 2.52. The largest absolute Gasteiger partial charge is 0.491 e. The summed E-state index contributed by atoms with van der Waals surface area (Å²) in [6.45, 7) is 0.430. The summed E-state index contributed by atoms with van der Waals surface area (Å²) in [5.74, 6) is 0.452. The fourth-order valence-electron chi connectivity index (χ4n) is 2.56. The van der Waals surface area contributed by atoms with Crippen molar-refractivity contribution in [1.29, 1.82) is 0 Å². The fourth-order valence-corrected chi connectivity index (χ4v) is 2.56. The van der Waals surface area contributed by atoms with Crippen LogP contribution in [0.15, 0.2) is 48.5 Å². The van der Waals surface area contributed by atoms with E-state index in [9.17, 15) is 13.2 Å². The molecule has 22 heavy (non-hydrogen) atoms. The molecule has 0 bridgehead atoms. The van der Waals surface area contributed by atoms with Gasteiger partial charge in [0.2, 0.25) is 0 Å². The highest BCUT2D eigenvalue weighted by Gasteiger charge is 2.30. The summed E-state index contributed by atoms with van der Waals surface area (Å²) in [4.78, 5) is 0. The minimum absolute atomic E-state index is 0.164. The molecular formula is C17H16F3NO. The van der Waals surface area contributed by atoms with E-state index in [1.54, 1.807) is 0 Å². The van der Waals surface area contributed by atoms with Gasteiger partial charge >= 0.3 is 6.18 Å². The molecule has 0 amide bonds. The minimum atomic E-state index is -4.31. The number of fused-ring (bicyclic) bond motifs is 1. The first kappa shape index (κ1) is 14.8. The standard InChI is InChI=1S/C17H16F3NO/c18-17(19,20)13-6-9-15(10-7-13)22-11-14-8-5-12-3-1-2-4-16(12)21-14/h1-4,6-7,9-10,14,21H,5,8,11H2. The molecule has 1 atom stereocenters. The van der Waals surface area contributed by atoms with E-state index in [0.29, 0.717) is 12.4 Å². The van der Waals surface area contributed by atoms with Crippen molar-refractivity contribution in [2.75, 3.05) is 11.9 Å². The van der Waals surface area contributed by atoms with E-state index in [1.807, 2.05) is 18.2 Å². The van der Waals surface area contributed by atoms with E-state index in [1.165, 1.54) is 17.7 Å². The molecule has 0 radical (unpaired) electrons. The molecule has 2 aromatic carbocycles. The summed E-state index contributed by atoms with van der Waals surface area (Å²) in [5.41, 5.74) is 1.73. The Morgan fingerprint density at radius 3 is 2.50 bits per heavy atom. The molecule has 0 aromatic heterocycles. The van der Waals surface area contributed by atoms with Crippen LogP contribution in [0.1, 0.15) is 17.5 Å². The highest BCUT2D eigenvalue weighted by molar-refractivity contribution is 5.53. The first-order valence-electron chi connectivity index (χ1n) is 7.17. The molecule has 1 aliphatic heterocycles. The van der Waals surface area contributed by atoms with Gasteiger partial charge in [0.1, 0.15) is 12.4 Å². The Bertz CT molecular complexity index is 637. The van der Waals surface area contributed by atoms with Crippen LogP contribution in [0, 0.1) is 0 Å². The van der Waals surface area contributed by atoms with E-state index in [4.69, 9.17) is 4.74 Å². The van der Waals surface area contributed by atoms with E-state index < -0.39 is 11.7 Å². The zero-order valence-electron chi connectivity index (χ0n) is 11.9. The predicted molar refractivity (Wildman–Crippen MR) is 79.1 cm³/mol. The van der Waals surface area contributed by atoms with E-state index in [-0.39, 0.29) is 6.04 Å². The number of hydrogen-bond donors (Lipinski definition) is 1. The quantitative estimate of drug-likeness (QED) is 0.900. The van der Waals surface area contributed by atoms with Crippen molar-refractivity contribution in [1.82, 2.24) is 0 Å². The second kappa shape index (κ2) is 5.91. The van der Waals surface area contributed by atoms with Gasteiger partial charge in [0.25, 0.3) is 0 Å². The van der Waals surface area contributed by atoms with Crippen LogP contribution in [0.3, 0.4) is 0 Å². The van der Waals surface area contributed by atoms with Gasteiger partial charge in [-0.05, 0) is 48.7 Å². The van der Waals surface area contributed by atoms with Crippen molar-refractivity contribution in [2.45, 2.75) is 25.1 Å². The van der Waals surface area contributed by atoms with Crippen LogP contribution in [0.4, 0.5) is 18.9 Å². The van der Waals surface area contributed by atoms with Crippen LogP contribution in [-0.2, 0) is 12.6 Å². The Morgan fingerprint density at radius 2 is 1.77 bits per heavy atom. The smallest absolute Gasteiger partial charge is 0.416 e. The molecule has 2 aromatic rings. The van der Waals surface area contributed by atoms with Crippen molar-refractivity contribution >= 4 is 5.69 Å². The van der Waals surface area contributed by atoms with Crippen molar-refractivity contribution in [3.8, 4) is 5.75 Å². The van der Waals surface area contributed by atoms with Gasteiger partial charge in [0.15, 0.2) is 0 Å². The van der Waals surface area contributed by atoms with Gasteiger partial charge in [0, 0.05) is 5.69 Å². The molecule has 1 N–H and O–H groups in total. The second-order valence-corrected chi connectivity index (χ2v) is 5.37. The molecule has 5 heteroatoms. The second-order valence-electron chi connectivity index (χ2n) is 5.37. The SMILES string of the molecule is FC(F)(F)c1ccc(OCC2CCc3ccccc3N2)cc1. The number of aryl methyl sites for hydroxylation is 1. The number of ether oxygens (including phenoxy) is 1. The summed E-state index contributed by atoms with van der Waals surface area (Å²) in [6.07, 6.45) is -2.39. The van der Waals surface area contributed by atoms with E-state index >= 15 is 0 Å². The third-order valence-corrected chi connectivity index (χ3v) is 3.77. The van der Waals surface area contributed by atoms with Crippen LogP contribution >= 0.6 is 0 Å². The molecule has 3 rings (SSSR count). The zero-order chi connectivity index (χ0) is 15.6. The normalized spacial score (nSPS) is 17.5. The van der Waals surface area contributed by atoms with Gasteiger partial charge in [-0.15, -0.1) is 0 Å². The number of nitrogens with one attached hydrogen (secondary N) is 1. The Morgan fingerprint density at radius 1 is 1.05 bits per heavy atom. The van der Waals surface area contributed by atoms with Gasteiger partial charge in [-0.1, -0.05) is 18.2 Å². The van der Waals surface area contributed by atoms with Gasteiger partial charge in [-0.25, -0.2) is 0 Å². The number of alkyl halides is 3. The predicted octanol–water partition coefficient (Wildman–Crippen LogP) is 4.51. The maximum Gasteiger partial charge on any atom is 0.416 e. The summed E-state index contributed by atoms with van der Waals surface area (Å²) in [5, 5.41) is 3.40. The van der Waals surface area contributed by atoms with Gasteiger partial charge in [-0.3, -0.25) is 0 Å². The maximum atomic E-state index is 12.5. The lowest BCUT2D eigenvalue weighted by atomic mass is 9.99. The molecule has 0 saturated heterocycles. The molecule has 0 aliphatic carbocycles. The van der Waals surface area contributed by atoms with Crippen molar-refractivity contribution in [3.05, 3.63) is 59.7 Å². The van der Waals surface area contributed by atoms with Crippen molar-refractivity contribution in [3.63, 3.8) is 0 Å². The van der Waals surface area contributed by atoms with Crippen LogP contribution in [-0.4, -0.2) is 12.6 Å². The molecule has 2 nitrogen and oxygen atoms in total. The average molecular weight is 307 g/mol. The number of rotatable bonds is 3. The maximum absolute atomic E-state index is 12.5. The number of halogens is 3. The fraction of sp³-hybridized carbons (Fsp3) is 0.294. The Labute approximate surface area is 126 Å². The number of benzene rings is 2. The number of anilines is 1. The van der Waals surface area contributed by atoms with Crippen LogP contribution in [0.2, 0.25) is 0 Å². The minimum Gasteiger partial charge on any atom is -0.491 e. The lowest BCUT2D eigenvalue weighted by Gasteiger charge is -2.27. The Kier molecular flexibility index (Phi) is 3.96. The zero-order valence-corrected chi connectivity index (χ0v) is 11.9. The molecule has 0 saturated carbocycles. The third kappa shape index (κ3) is 3.35. The highest BCUT2D eigenvalue weighted by Crippen LogP contribution is 2.30. The van der Waals surface area contributed by atoms with Gasteiger partial charge in [-0.2, -0.15) is 13.2 Å². The molecule has 0 spiro atoms. The Balaban J connectivity index is 1.57. The van der Waals surface area contributed by atoms with Gasteiger partial charge in [0.05, 0.1) is 11.6 Å². The lowest BCUT2D eigenvalue weighted by Crippen LogP contribution is -2.31. The van der Waals surface area contributed by atoms with E-state index in [2.05, 4.69) is 11.4 Å². The Hall–Kier alpha value is -2.17. The molecule has 1 heterocycles. The van der Waals surface area contributed by atoms with Crippen molar-refractivity contribution < 1.29 is 17.9 Å². The summed E-state index contributed by atoms with van der Waals surface area (Å²) in [7, 11) is 0. The third-order valence-electron chi connectivity index (χ3n) is 3.77. The van der Waals surface area contributed by atoms with Crippen LogP contribution in [0.25, 0.3) is 0 Å². The summed E-state index contributed by atoms with van der Waals surface area (Å²) in [6, 6.07) is 13.1. The molecule has 116 valence electrons. The van der Waals surface area contributed by atoms with Crippen molar-refractivity contribution in [2.24, 2.45) is 0 Å². The molecule has 0 fully saturated rings. The van der Waals surface area contributed by atoms with E-state index in [0.717, 1.165) is 30.7 Å². The molecule has 1 aliphatic rings. The van der Waals surface area contributed by atoms with Crippen LogP contribution < -0.4 is 10.1 Å². The highest BCUT2D eigenvalue weighted by atomic mass is 19.4. The molecule has 1 unspecified atom stereocenters. The first-order chi connectivity index (χ1) is 10.5. The first-order valence-corrected chi connectivity index (χ1v) is 7.17.